The summed E-state index contributed by atoms with van der Waals surface area (Å²) in [5.74, 6) is 1.20. The SMILES string of the molecule is CCCNCc1nc(CN(C)C(CC)CSC)cs1. The second kappa shape index (κ2) is 9.75. The highest BCUT2D eigenvalue weighted by Crippen LogP contribution is 2.15. The molecule has 3 nitrogen and oxygen atoms in total. The molecule has 0 bridgehead atoms. The summed E-state index contributed by atoms with van der Waals surface area (Å²) in [7, 11) is 2.21. The maximum absolute atomic E-state index is 4.71. The largest absolute Gasteiger partial charge is 0.310 e. The van der Waals surface area contributed by atoms with E-state index in [0.717, 1.165) is 19.6 Å². The first-order chi connectivity index (χ1) is 9.21. The number of nitrogens with one attached hydrogen (secondary N) is 1. The molecule has 1 N–H and O–H groups in total. The first-order valence-electron chi connectivity index (χ1n) is 7.04. The van der Waals surface area contributed by atoms with E-state index in [1.165, 1.54) is 29.3 Å². The second-order valence-electron chi connectivity index (χ2n) is 4.84. The maximum Gasteiger partial charge on any atom is 0.107 e. The van der Waals surface area contributed by atoms with Crippen molar-refractivity contribution in [2.24, 2.45) is 0 Å². The normalized spacial score (nSPS) is 13.1. The average Bonchev–Trinajstić information content (AvgIpc) is 2.83. The van der Waals surface area contributed by atoms with Crippen LogP contribution in [0.1, 0.15) is 37.4 Å². The Bertz CT molecular complexity index is 341. The molecule has 0 fully saturated rings. The van der Waals surface area contributed by atoms with Crippen LogP contribution in [0.4, 0.5) is 0 Å². The van der Waals surface area contributed by atoms with Crippen LogP contribution in [0.2, 0.25) is 0 Å². The fourth-order valence-corrected chi connectivity index (χ4v) is 3.64. The van der Waals surface area contributed by atoms with Gasteiger partial charge in [0.25, 0.3) is 0 Å². The third-order valence-corrected chi connectivity index (χ3v) is 4.78. The molecule has 1 aromatic heterocycles. The minimum absolute atomic E-state index is 0.651. The molecule has 0 aliphatic rings. The molecule has 0 aromatic carbocycles. The summed E-state index contributed by atoms with van der Waals surface area (Å²) >= 11 is 3.69. The lowest BCUT2D eigenvalue weighted by Crippen LogP contribution is -2.32. The monoisotopic (exact) mass is 301 g/mol. The molecule has 1 atom stereocenters. The van der Waals surface area contributed by atoms with Crippen molar-refractivity contribution in [3.8, 4) is 0 Å². The van der Waals surface area contributed by atoms with Crippen LogP contribution in [0, 0.1) is 0 Å². The van der Waals surface area contributed by atoms with Crippen LogP contribution in [-0.2, 0) is 13.1 Å². The van der Waals surface area contributed by atoms with E-state index in [1.807, 2.05) is 11.8 Å². The van der Waals surface area contributed by atoms with Crippen molar-refractivity contribution in [3.63, 3.8) is 0 Å². The Labute approximate surface area is 126 Å². The molecule has 1 unspecified atom stereocenters. The van der Waals surface area contributed by atoms with Crippen LogP contribution >= 0.6 is 23.1 Å². The topological polar surface area (TPSA) is 28.2 Å². The van der Waals surface area contributed by atoms with Gasteiger partial charge < -0.3 is 5.32 Å². The number of nitrogens with zero attached hydrogens (tertiary/aromatic N) is 2. The summed E-state index contributed by atoms with van der Waals surface area (Å²) in [5, 5.41) is 6.81. The van der Waals surface area contributed by atoms with Gasteiger partial charge in [-0.2, -0.15) is 11.8 Å². The Morgan fingerprint density at radius 1 is 1.47 bits per heavy atom. The molecule has 1 heterocycles. The smallest absolute Gasteiger partial charge is 0.107 e. The Hall–Kier alpha value is -0.100. The summed E-state index contributed by atoms with van der Waals surface area (Å²) in [6.07, 6.45) is 4.55. The number of hydrogen-bond donors (Lipinski definition) is 1. The standard InChI is InChI=1S/C14H27N3S2/c1-5-7-15-8-14-16-12(10-19-14)9-17(3)13(6-2)11-18-4/h10,13,15H,5-9,11H2,1-4H3. The molecule has 110 valence electrons. The predicted molar refractivity (Wildman–Crippen MR) is 88.0 cm³/mol. The van der Waals surface area contributed by atoms with Gasteiger partial charge in [-0.1, -0.05) is 13.8 Å². The molecule has 1 rings (SSSR count). The average molecular weight is 302 g/mol. The maximum atomic E-state index is 4.71. The molecule has 0 radical (unpaired) electrons. The van der Waals surface area contributed by atoms with Crippen LogP contribution in [0.5, 0.6) is 0 Å². The Morgan fingerprint density at radius 2 is 2.26 bits per heavy atom. The van der Waals surface area contributed by atoms with E-state index in [4.69, 9.17) is 4.98 Å². The van der Waals surface area contributed by atoms with E-state index in [2.05, 4.69) is 42.7 Å². The first-order valence-corrected chi connectivity index (χ1v) is 9.31. The van der Waals surface area contributed by atoms with Gasteiger partial charge in [0.2, 0.25) is 0 Å². The van der Waals surface area contributed by atoms with Crippen molar-refractivity contribution < 1.29 is 0 Å². The number of hydrogen-bond acceptors (Lipinski definition) is 5. The zero-order chi connectivity index (χ0) is 14.1. The predicted octanol–water partition coefficient (Wildman–Crippen LogP) is 3.22. The number of rotatable bonds is 10. The van der Waals surface area contributed by atoms with E-state index in [1.54, 1.807) is 11.3 Å². The molecule has 19 heavy (non-hydrogen) atoms. The van der Waals surface area contributed by atoms with Gasteiger partial charge in [-0.25, -0.2) is 4.98 Å². The molecule has 1 aromatic rings. The lowest BCUT2D eigenvalue weighted by molar-refractivity contribution is 0.245. The first kappa shape index (κ1) is 17.0. The molecule has 0 aliphatic carbocycles. The highest BCUT2D eigenvalue weighted by atomic mass is 32.2. The zero-order valence-electron chi connectivity index (χ0n) is 12.6. The van der Waals surface area contributed by atoms with Crippen molar-refractivity contribution in [1.29, 1.82) is 0 Å². The summed E-state index contributed by atoms with van der Waals surface area (Å²) in [6.45, 7) is 7.39. The van der Waals surface area contributed by atoms with Crippen LogP contribution in [0.25, 0.3) is 0 Å². The van der Waals surface area contributed by atoms with Gasteiger partial charge in [0, 0.05) is 30.3 Å². The van der Waals surface area contributed by atoms with Gasteiger partial charge in [-0.05, 0) is 32.7 Å². The molecular formula is C14H27N3S2. The van der Waals surface area contributed by atoms with Crippen molar-refractivity contribution >= 4 is 23.1 Å². The van der Waals surface area contributed by atoms with E-state index in [9.17, 15) is 0 Å². The highest BCUT2D eigenvalue weighted by Gasteiger charge is 2.13. The number of thioether (sulfide) groups is 1. The van der Waals surface area contributed by atoms with Crippen LogP contribution < -0.4 is 5.32 Å². The minimum atomic E-state index is 0.651. The van der Waals surface area contributed by atoms with E-state index < -0.39 is 0 Å². The number of aromatic nitrogens is 1. The summed E-state index contributed by atoms with van der Waals surface area (Å²) < 4.78 is 0. The van der Waals surface area contributed by atoms with Gasteiger partial charge in [0.05, 0.1) is 5.69 Å². The summed E-state index contributed by atoms with van der Waals surface area (Å²) in [4.78, 5) is 7.13. The molecular weight excluding hydrogens is 274 g/mol. The molecule has 5 heteroatoms. The van der Waals surface area contributed by atoms with Gasteiger partial charge in [0.15, 0.2) is 0 Å². The third kappa shape index (κ3) is 6.25. The quantitative estimate of drug-likeness (QED) is 0.672. The summed E-state index contributed by atoms with van der Waals surface area (Å²) in [5.41, 5.74) is 1.21. The van der Waals surface area contributed by atoms with Crippen molar-refractivity contribution in [2.45, 2.75) is 45.8 Å². The highest BCUT2D eigenvalue weighted by molar-refractivity contribution is 7.98. The Balaban J connectivity index is 2.43. The molecule has 0 spiro atoms. The minimum Gasteiger partial charge on any atom is -0.310 e. The van der Waals surface area contributed by atoms with E-state index >= 15 is 0 Å². The lowest BCUT2D eigenvalue weighted by atomic mass is 10.2. The second-order valence-corrected chi connectivity index (χ2v) is 6.70. The van der Waals surface area contributed by atoms with Crippen molar-refractivity contribution in [2.75, 3.05) is 25.6 Å². The lowest BCUT2D eigenvalue weighted by Gasteiger charge is -2.25. The van der Waals surface area contributed by atoms with Gasteiger partial charge in [-0.15, -0.1) is 11.3 Å². The summed E-state index contributed by atoms with van der Waals surface area (Å²) in [6, 6.07) is 0.651. The van der Waals surface area contributed by atoms with Gasteiger partial charge in [-0.3, -0.25) is 4.90 Å². The molecule has 0 saturated heterocycles. The van der Waals surface area contributed by atoms with E-state index in [0.29, 0.717) is 6.04 Å². The van der Waals surface area contributed by atoms with Crippen molar-refractivity contribution in [1.82, 2.24) is 15.2 Å². The van der Waals surface area contributed by atoms with Gasteiger partial charge >= 0.3 is 0 Å². The number of thiazole rings is 1. The third-order valence-electron chi connectivity index (χ3n) is 3.17. The van der Waals surface area contributed by atoms with Crippen LogP contribution in [0.15, 0.2) is 5.38 Å². The molecule has 0 saturated carbocycles. The van der Waals surface area contributed by atoms with Crippen molar-refractivity contribution in [3.05, 3.63) is 16.1 Å². The Kier molecular flexibility index (Phi) is 8.70. The zero-order valence-corrected chi connectivity index (χ0v) is 14.2. The fraction of sp³-hybridized carbons (Fsp3) is 0.786. The molecule has 0 amide bonds. The van der Waals surface area contributed by atoms with E-state index in [-0.39, 0.29) is 0 Å². The molecule has 0 aliphatic heterocycles. The van der Waals surface area contributed by atoms with Crippen LogP contribution in [0.3, 0.4) is 0 Å². The van der Waals surface area contributed by atoms with Gasteiger partial charge in [0.1, 0.15) is 5.01 Å². The van der Waals surface area contributed by atoms with Crippen LogP contribution in [-0.4, -0.2) is 41.5 Å². The fourth-order valence-electron chi connectivity index (χ4n) is 2.01. The Morgan fingerprint density at radius 3 is 2.89 bits per heavy atom.